The fraction of sp³-hybridized carbons (Fsp3) is 0.696. The standard InChI is InChI=1S/C23H31NO/c25-22(23-13-16-10-17(14-23)12-18(11-16)15-23)24-21-8-6-20(7-9-21)19-4-2-1-3-5-19/h6-9,16-19H,1-5,10-15H2,(H,24,25). The van der Waals surface area contributed by atoms with Crippen LogP contribution in [0.4, 0.5) is 5.69 Å². The van der Waals surface area contributed by atoms with Crippen LogP contribution < -0.4 is 5.32 Å². The molecule has 5 fully saturated rings. The van der Waals surface area contributed by atoms with E-state index in [1.54, 1.807) is 0 Å². The molecule has 4 bridgehead atoms. The van der Waals surface area contributed by atoms with E-state index in [1.807, 2.05) is 0 Å². The monoisotopic (exact) mass is 337 g/mol. The van der Waals surface area contributed by atoms with Crippen molar-refractivity contribution in [3.05, 3.63) is 29.8 Å². The van der Waals surface area contributed by atoms with E-state index in [2.05, 4.69) is 29.6 Å². The van der Waals surface area contributed by atoms with Crippen molar-refractivity contribution in [2.75, 3.05) is 5.32 Å². The lowest BCUT2D eigenvalue weighted by Gasteiger charge is -2.55. The van der Waals surface area contributed by atoms with Crippen LogP contribution in [0.1, 0.15) is 82.1 Å². The van der Waals surface area contributed by atoms with Crippen molar-refractivity contribution in [2.45, 2.75) is 76.5 Å². The molecule has 1 N–H and O–H groups in total. The molecule has 0 heterocycles. The summed E-state index contributed by atoms with van der Waals surface area (Å²) in [4.78, 5) is 13.1. The minimum atomic E-state index is -0.0448. The van der Waals surface area contributed by atoms with Crippen molar-refractivity contribution in [3.63, 3.8) is 0 Å². The molecule has 1 aromatic rings. The topological polar surface area (TPSA) is 29.1 Å². The fourth-order valence-electron chi connectivity index (χ4n) is 6.93. The Bertz CT molecular complexity index is 605. The molecule has 1 aromatic carbocycles. The molecule has 25 heavy (non-hydrogen) atoms. The van der Waals surface area contributed by atoms with Crippen LogP contribution in [-0.2, 0) is 4.79 Å². The van der Waals surface area contributed by atoms with Gasteiger partial charge in [0.1, 0.15) is 0 Å². The van der Waals surface area contributed by atoms with Crippen molar-refractivity contribution in [2.24, 2.45) is 23.2 Å². The molecule has 2 heteroatoms. The number of amides is 1. The number of carbonyl (C=O) groups is 1. The summed E-state index contributed by atoms with van der Waals surface area (Å²) in [6.45, 7) is 0. The highest BCUT2D eigenvalue weighted by molar-refractivity contribution is 5.95. The number of benzene rings is 1. The predicted molar refractivity (Wildman–Crippen MR) is 102 cm³/mol. The number of anilines is 1. The summed E-state index contributed by atoms with van der Waals surface area (Å²) in [6, 6.07) is 8.79. The van der Waals surface area contributed by atoms with Gasteiger partial charge < -0.3 is 5.32 Å². The Morgan fingerprint density at radius 3 is 1.96 bits per heavy atom. The van der Waals surface area contributed by atoms with Gasteiger partial charge in [-0.2, -0.15) is 0 Å². The lowest BCUT2D eigenvalue weighted by molar-refractivity contribution is -0.140. The van der Waals surface area contributed by atoms with Crippen LogP contribution in [0.5, 0.6) is 0 Å². The third-order valence-electron chi connectivity index (χ3n) is 7.77. The lowest BCUT2D eigenvalue weighted by Crippen LogP contribution is -2.51. The highest BCUT2D eigenvalue weighted by Gasteiger charge is 2.54. The van der Waals surface area contributed by atoms with Gasteiger partial charge in [0.15, 0.2) is 0 Å². The largest absolute Gasteiger partial charge is 0.326 e. The molecule has 0 aliphatic heterocycles. The van der Waals surface area contributed by atoms with Gasteiger partial charge in [0, 0.05) is 5.69 Å². The van der Waals surface area contributed by atoms with E-state index < -0.39 is 0 Å². The van der Waals surface area contributed by atoms with Crippen LogP contribution in [-0.4, -0.2) is 5.91 Å². The molecule has 0 radical (unpaired) electrons. The van der Waals surface area contributed by atoms with Crippen LogP contribution in [0, 0.1) is 23.2 Å². The molecular formula is C23H31NO. The molecule has 2 nitrogen and oxygen atoms in total. The van der Waals surface area contributed by atoms with Gasteiger partial charge in [0.2, 0.25) is 5.91 Å². The highest BCUT2D eigenvalue weighted by atomic mass is 16.2. The van der Waals surface area contributed by atoms with E-state index in [0.29, 0.717) is 5.91 Å². The van der Waals surface area contributed by atoms with E-state index in [1.165, 1.54) is 56.9 Å². The maximum absolute atomic E-state index is 13.1. The van der Waals surface area contributed by atoms with Gasteiger partial charge in [-0.1, -0.05) is 31.4 Å². The smallest absolute Gasteiger partial charge is 0.230 e. The first-order valence-electron chi connectivity index (χ1n) is 10.6. The van der Waals surface area contributed by atoms with Crippen molar-refractivity contribution in [1.82, 2.24) is 0 Å². The molecule has 0 spiro atoms. The number of hydrogen-bond acceptors (Lipinski definition) is 1. The van der Waals surface area contributed by atoms with Crippen molar-refractivity contribution in [3.8, 4) is 0 Å². The van der Waals surface area contributed by atoms with Gasteiger partial charge in [0.25, 0.3) is 0 Å². The molecule has 0 atom stereocenters. The molecule has 1 amide bonds. The van der Waals surface area contributed by atoms with Gasteiger partial charge in [-0.25, -0.2) is 0 Å². The maximum atomic E-state index is 13.1. The maximum Gasteiger partial charge on any atom is 0.230 e. The average molecular weight is 338 g/mol. The number of rotatable bonds is 3. The van der Waals surface area contributed by atoms with E-state index in [4.69, 9.17) is 0 Å². The Morgan fingerprint density at radius 2 is 1.40 bits per heavy atom. The third kappa shape index (κ3) is 2.92. The summed E-state index contributed by atoms with van der Waals surface area (Å²) in [5.41, 5.74) is 2.42. The van der Waals surface area contributed by atoms with Crippen LogP contribution >= 0.6 is 0 Å². The van der Waals surface area contributed by atoms with Crippen LogP contribution in [0.25, 0.3) is 0 Å². The number of hydrogen-bond donors (Lipinski definition) is 1. The Hall–Kier alpha value is -1.31. The van der Waals surface area contributed by atoms with Gasteiger partial charge >= 0.3 is 0 Å². The SMILES string of the molecule is O=C(Nc1ccc(C2CCCCC2)cc1)C12CC3CC(CC(C3)C1)C2. The van der Waals surface area contributed by atoms with Crippen LogP contribution in [0.2, 0.25) is 0 Å². The minimum Gasteiger partial charge on any atom is -0.326 e. The summed E-state index contributed by atoms with van der Waals surface area (Å²) in [5.74, 6) is 3.53. The zero-order chi connectivity index (χ0) is 16.9. The Morgan fingerprint density at radius 1 is 0.840 bits per heavy atom. The first-order valence-corrected chi connectivity index (χ1v) is 10.6. The molecular weight excluding hydrogens is 306 g/mol. The second kappa shape index (κ2) is 6.14. The average Bonchev–Trinajstić information content (AvgIpc) is 2.62. The van der Waals surface area contributed by atoms with E-state index in [0.717, 1.165) is 48.6 Å². The number of carbonyl (C=O) groups excluding carboxylic acids is 1. The van der Waals surface area contributed by atoms with Crippen molar-refractivity contribution < 1.29 is 4.79 Å². The van der Waals surface area contributed by atoms with Gasteiger partial charge in [0.05, 0.1) is 5.41 Å². The van der Waals surface area contributed by atoms with Crippen molar-refractivity contribution >= 4 is 11.6 Å². The van der Waals surface area contributed by atoms with Crippen molar-refractivity contribution in [1.29, 1.82) is 0 Å². The van der Waals surface area contributed by atoms with Gasteiger partial charge in [-0.15, -0.1) is 0 Å². The molecule has 5 aliphatic rings. The van der Waals surface area contributed by atoms with Gasteiger partial charge in [-0.05, 0) is 92.7 Å². The predicted octanol–water partition coefficient (Wildman–Crippen LogP) is 5.89. The zero-order valence-corrected chi connectivity index (χ0v) is 15.3. The first-order chi connectivity index (χ1) is 12.2. The van der Waals surface area contributed by atoms with E-state index >= 15 is 0 Å². The summed E-state index contributed by atoms with van der Waals surface area (Å²) < 4.78 is 0. The lowest BCUT2D eigenvalue weighted by atomic mass is 9.49. The molecule has 0 aromatic heterocycles. The molecule has 0 saturated heterocycles. The van der Waals surface area contributed by atoms with Crippen LogP contribution in [0.3, 0.4) is 0 Å². The zero-order valence-electron chi connectivity index (χ0n) is 15.3. The molecule has 6 rings (SSSR count). The second-order valence-corrected chi connectivity index (χ2v) is 9.61. The quantitative estimate of drug-likeness (QED) is 0.732. The molecule has 134 valence electrons. The second-order valence-electron chi connectivity index (χ2n) is 9.61. The molecule has 5 aliphatic carbocycles. The summed E-state index contributed by atoms with van der Waals surface area (Å²) >= 11 is 0. The fourth-order valence-corrected chi connectivity index (χ4v) is 6.93. The third-order valence-corrected chi connectivity index (χ3v) is 7.77. The van der Waals surface area contributed by atoms with Gasteiger partial charge in [-0.3, -0.25) is 4.79 Å². The first kappa shape index (κ1) is 15.9. The highest BCUT2D eigenvalue weighted by Crippen LogP contribution is 2.60. The Kier molecular flexibility index (Phi) is 3.91. The Labute approximate surface area is 151 Å². The molecule has 0 unspecified atom stereocenters. The van der Waals surface area contributed by atoms with E-state index in [9.17, 15) is 4.79 Å². The molecule has 5 saturated carbocycles. The number of nitrogens with one attached hydrogen (secondary N) is 1. The summed E-state index contributed by atoms with van der Waals surface area (Å²) in [5, 5.41) is 3.29. The minimum absolute atomic E-state index is 0.0448. The summed E-state index contributed by atoms with van der Waals surface area (Å²) in [6.07, 6.45) is 14.4. The van der Waals surface area contributed by atoms with E-state index in [-0.39, 0.29) is 5.41 Å². The summed E-state index contributed by atoms with van der Waals surface area (Å²) in [7, 11) is 0. The Balaban J connectivity index is 1.28. The van der Waals surface area contributed by atoms with Crippen LogP contribution in [0.15, 0.2) is 24.3 Å². The normalized spacial score (nSPS) is 37.2.